The van der Waals surface area contributed by atoms with Crippen molar-refractivity contribution in [2.75, 3.05) is 6.61 Å². The molecule has 0 spiro atoms. The molecule has 2 rings (SSSR count). The maximum absolute atomic E-state index is 11.5. The molecule has 108 valence electrons. The SMILES string of the molecule is Cc1c(C(=O)N=[N+]=[N-])ncn1[C@@H]1O[C@H](CO)[C@@H](O)[C@H]1O. The Bertz CT molecular complexity index is 566. The molecule has 0 unspecified atom stereocenters. The van der Waals surface area contributed by atoms with E-state index in [1.165, 1.54) is 17.8 Å². The maximum Gasteiger partial charge on any atom is 0.269 e. The summed E-state index contributed by atoms with van der Waals surface area (Å²) in [4.78, 5) is 17.7. The molecule has 1 fully saturated rings. The number of aliphatic hydroxyl groups excluding tert-OH is 3. The fourth-order valence-corrected chi connectivity index (χ4v) is 2.09. The Morgan fingerprint density at radius 2 is 2.30 bits per heavy atom. The number of aromatic nitrogens is 2. The van der Waals surface area contributed by atoms with Gasteiger partial charge in [0.05, 0.1) is 12.9 Å². The van der Waals surface area contributed by atoms with Gasteiger partial charge in [0.2, 0.25) is 0 Å². The fraction of sp³-hybridized carbons (Fsp3) is 0.600. The van der Waals surface area contributed by atoms with E-state index in [4.69, 9.17) is 15.4 Å². The summed E-state index contributed by atoms with van der Waals surface area (Å²) in [5.74, 6) is -0.851. The van der Waals surface area contributed by atoms with Crippen LogP contribution in [-0.4, -0.2) is 55.7 Å². The van der Waals surface area contributed by atoms with Crippen LogP contribution in [0.5, 0.6) is 0 Å². The Morgan fingerprint density at radius 3 is 2.85 bits per heavy atom. The molecular formula is C10H13N5O5. The van der Waals surface area contributed by atoms with E-state index in [1.807, 2.05) is 0 Å². The Balaban J connectivity index is 2.31. The van der Waals surface area contributed by atoms with Crippen LogP contribution in [0.1, 0.15) is 22.4 Å². The van der Waals surface area contributed by atoms with Gasteiger partial charge in [-0.25, -0.2) is 4.98 Å². The number of nitrogens with zero attached hydrogens (tertiary/aromatic N) is 5. The first-order valence-corrected chi connectivity index (χ1v) is 5.76. The average molecular weight is 283 g/mol. The van der Waals surface area contributed by atoms with Crippen LogP contribution >= 0.6 is 0 Å². The zero-order valence-corrected chi connectivity index (χ0v) is 10.5. The van der Waals surface area contributed by atoms with E-state index < -0.39 is 37.1 Å². The van der Waals surface area contributed by atoms with Gasteiger partial charge < -0.3 is 24.6 Å². The molecule has 1 aromatic rings. The molecule has 0 saturated carbocycles. The number of carbonyl (C=O) groups is 1. The molecule has 20 heavy (non-hydrogen) atoms. The summed E-state index contributed by atoms with van der Waals surface area (Å²) in [6, 6.07) is 0. The molecule has 4 atom stereocenters. The highest BCUT2D eigenvalue weighted by molar-refractivity contribution is 5.94. The number of hydrogen-bond donors (Lipinski definition) is 3. The van der Waals surface area contributed by atoms with Gasteiger partial charge in [-0.3, -0.25) is 4.79 Å². The first kappa shape index (κ1) is 14.4. The third-order valence-electron chi connectivity index (χ3n) is 3.17. The average Bonchev–Trinajstić information content (AvgIpc) is 2.93. The number of aliphatic hydroxyl groups is 3. The lowest BCUT2D eigenvalue weighted by Gasteiger charge is -2.17. The van der Waals surface area contributed by atoms with Gasteiger partial charge in [-0.05, 0) is 17.6 Å². The lowest BCUT2D eigenvalue weighted by molar-refractivity contribution is -0.0536. The summed E-state index contributed by atoms with van der Waals surface area (Å²) < 4.78 is 6.65. The number of rotatable bonds is 3. The monoisotopic (exact) mass is 283 g/mol. The Morgan fingerprint density at radius 1 is 1.60 bits per heavy atom. The standard InChI is InChI=1S/C10H13N5O5/c1-4-6(9(19)13-14-11)12-3-15(4)10-8(18)7(17)5(2-16)20-10/h3,5,7-8,10,16-18H,2H2,1H3/t5-,7-,8-,10-/m1/s1. The summed E-state index contributed by atoms with van der Waals surface area (Å²) in [6.07, 6.45) is -3.20. The predicted molar refractivity (Wildman–Crippen MR) is 63.4 cm³/mol. The highest BCUT2D eigenvalue weighted by Gasteiger charge is 2.43. The molecule has 10 heteroatoms. The van der Waals surface area contributed by atoms with Gasteiger partial charge in [0.15, 0.2) is 6.23 Å². The first-order chi connectivity index (χ1) is 9.51. The molecule has 1 saturated heterocycles. The van der Waals surface area contributed by atoms with Crippen molar-refractivity contribution in [2.24, 2.45) is 5.11 Å². The predicted octanol–water partition coefficient (Wildman–Crippen LogP) is -0.746. The van der Waals surface area contributed by atoms with Crippen LogP contribution in [0, 0.1) is 6.92 Å². The first-order valence-electron chi connectivity index (χ1n) is 5.76. The van der Waals surface area contributed by atoms with Crippen molar-refractivity contribution >= 4 is 5.91 Å². The molecule has 1 aliphatic rings. The van der Waals surface area contributed by atoms with Gasteiger partial charge in [-0.2, -0.15) is 0 Å². The topological polar surface area (TPSA) is 154 Å². The van der Waals surface area contributed by atoms with Crippen molar-refractivity contribution in [2.45, 2.75) is 31.5 Å². The second kappa shape index (κ2) is 5.57. The molecule has 0 aromatic carbocycles. The molecule has 0 aliphatic carbocycles. The van der Waals surface area contributed by atoms with Crippen molar-refractivity contribution in [3.8, 4) is 0 Å². The van der Waals surface area contributed by atoms with E-state index in [0.29, 0.717) is 5.69 Å². The summed E-state index contributed by atoms with van der Waals surface area (Å²) in [5.41, 5.74) is 8.48. The van der Waals surface area contributed by atoms with Crippen LogP contribution in [0.3, 0.4) is 0 Å². The minimum atomic E-state index is -1.28. The minimum Gasteiger partial charge on any atom is -0.394 e. The molecule has 0 radical (unpaired) electrons. The molecule has 1 aliphatic heterocycles. The summed E-state index contributed by atoms with van der Waals surface area (Å²) in [5, 5.41) is 31.5. The van der Waals surface area contributed by atoms with Crippen LogP contribution in [0.25, 0.3) is 10.4 Å². The lowest BCUT2D eigenvalue weighted by atomic mass is 10.1. The lowest BCUT2D eigenvalue weighted by Crippen LogP contribution is -2.33. The van der Waals surface area contributed by atoms with Crippen LogP contribution in [0.4, 0.5) is 0 Å². The van der Waals surface area contributed by atoms with Gasteiger partial charge in [0.1, 0.15) is 24.0 Å². The largest absolute Gasteiger partial charge is 0.394 e. The smallest absolute Gasteiger partial charge is 0.269 e. The van der Waals surface area contributed by atoms with Crippen LogP contribution in [0.15, 0.2) is 11.4 Å². The van der Waals surface area contributed by atoms with Crippen LogP contribution in [0.2, 0.25) is 0 Å². The number of imidazole rings is 1. The van der Waals surface area contributed by atoms with Gasteiger partial charge in [0, 0.05) is 10.6 Å². The Hall–Kier alpha value is -1.97. The third-order valence-corrected chi connectivity index (χ3v) is 3.17. The molecule has 0 bridgehead atoms. The summed E-state index contributed by atoms with van der Waals surface area (Å²) in [7, 11) is 0. The van der Waals surface area contributed by atoms with E-state index in [-0.39, 0.29) is 5.69 Å². The second-order valence-corrected chi connectivity index (χ2v) is 4.31. The quantitative estimate of drug-likeness (QED) is 0.377. The molecular weight excluding hydrogens is 270 g/mol. The fourth-order valence-electron chi connectivity index (χ4n) is 2.09. The van der Waals surface area contributed by atoms with Crippen LogP contribution in [-0.2, 0) is 4.74 Å². The van der Waals surface area contributed by atoms with Gasteiger partial charge >= 0.3 is 0 Å². The van der Waals surface area contributed by atoms with E-state index >= 15 is 0 Å². The summed E-state index contributed by atoms with van der Waals surface area (Å²) in [6.45, 7) is 1.08. The Labute approximate surface area is 112 Å². The van der Waals surface area contributed by atoms with Crippen molar-refractivity contribution in [1.29, 1.82) is 0 Å². The maximum atomic E-state index is 11.5. The van der Waals surface area contributed by atoms with E-state index in [1.54, 1.807) is 0 Å². The molecule has 2 heterocycles. The minimum absolute atomic E-state index is 0.0689. The second-order valence-electron chi connectivity index (χ2n) is 4.31. The molecule has 10 nitrogen and oxygen atoms in total. The Kier molecular flexibility index (Phi) is 4.02. The van der Waals surface area contributed by atoms with Crippen molar-refractivity contribution in [1.82, 2.24) is 9.55 Å². The number of azide groups is 1. The van der Waals surface area contributed by atoms with Crippen molar-refractivity contribution in [3.63, 3.8) is 0 Å². The number of ether oxygens (including phenoxy) is 1. The van der Waals surface area contributed by atoms with Crippen molar-refractivity contribution < 1.29 is 24.9 Å². The number of hydrogen-bond acceptors (Lipinski definition) is 6. The van der Waals surface area contributed by atoms with Crippen molar-refractivity contribution in [3.05, 3.63) is 28.2 Å². The highest BCUT2D eigenvalue weighted by Crippen LogP contribution is 2.30. The van der Waals surface area contributed by atoms with Gasteiger partial charge in [-0.15, -0.1) is 0 Å². The molecule has 1 aromatic heterocycles. The van der Waals surface area contributed by atoms with E-state index in [0.717, 1.165) is 0 Å². The summed E-state index contributed by atoms with van der Waals surface area (Å²) >= 11 is 0. The van der Waals surface area contributed by atoms with Crippen LogP contribution < -0.4 is 0 Å². The molecule has 1 amide bonds. The third kappa shape index (κ3) is 2.26. The number of amides is 1. The molecule has 3 N–H and O–H groups in total. The van der Waals surface area contributed by atoms with Gasteiger partial charge in [0.25, 0.3) is 5.91 Å². The highest BCUT2D eigenvalue weighted by atomic mass is 16.6. The van der Waals surface area contributed by atoms with E-state index in [2.05, 4.69) is 15.0 Å². The van der Waals surface area contributed by atoms with Gasteiger partial charge in [-0.1, -0.05) is 0 Å². The van der Waals surface area contributed by atoms with E-state index in [9.17, 15) is 15.0 Å². The zero-order chi connectivity index (χ0) is 14.9. The zero-order valence-electron chi connectivity index (χ0n) is 10.5. The number of carbonyl (C=O) groups excluding carboxylic acids is 1. The normalized spacial score (nSPS) is 29.2.